The summed E-state index contributed by atoms with van der Waals surface area (Å²) >= 11 is 0. The molecule has 37 heavy (non-hydrogen) atoms. The minimum Gasteiger partial charge on any atom is -0.345 e. The average Bonchev–Trinajstić information content (AvgIpc) is 3.51. The Bertz CT molecular complexity index is 1390. The molecule has 0 radical (unpaired) electrons. The molecule has 0 fully saturated rings. The van der Waals surface area contributed by atoms with Crippen LogP contribution in [0.15, 0.2) is 60.8 Å². The van der Waals surface area contributed by atoms with Crippen LogP contribution in [0.4, 0.5) is 0 Å². The zero-order chi connectivity index (χ0) is 25.8. The molecule has 1 aliphatic heterocycles. The zero-order valence-electron chi connectivity index (χ0n) is 21.2. The lowest BCUT2D eigenvalue weighted by Gasteiger charge is -2.28. The Morgan fingerprint density at radius 3 is 2.59 bits per heavy atom. The molecule has 5 rings (SSSR count). The van der Waals surface area contributed by atoms with Crippen LogP contribution >= 0.6 is 0 Å². The number of benzene rings is 1. The molecular weight excluding hydrogens is 466 g/mol. The molecule has 0 saturated carbocycles. The first kappa shape index (κ1) is 24.4. The second kappa shape index (κ2) is 10.8. The molecule has 3 aromatic heterocycles. The SMILES string of the molecule is CCn1nc(C)cc1C(=O)N1CCc2c(c(C(=O)NCc3ccccn3)nn2CCc2ccccc2)C1. The van der Waals surface area contributed by atoms with Gasteiger partial charge in [0.05, 0.1) is 24.5 Å². The third kappa shape index (κ3) is 5.30. The predicted molar refractivity (Wildman–Crippen MR) is 139 cm³/mol. The molecule has 1 aliphatic rings. The normalized spacial score (nSPS) is 12.9. The minimum absolute atomic E-state index is 0.0787. The van der Waals surface area contributed by atoms with E-state index < -0.39 is 0 Å². The number of carbonyl (C=O) groups excluding carboxylic acids is 2. The summed E-state index contributed by atoms with van der Waals surface area (Å²) in [4.78, 5) is 32.8. The van der Waals surface area contributed by atoms with Crippen LogP contribution in [0.25, 0.3) is 0 Å². The van der Waals surface area contributed by atoms with E-state index in [4.69, 9.17) is 5.10 Å². The fraction of sp³-hybridized carbons (Fsp3) is 0.321. The number of hydrogen-bond donors (Lipinski definition) is 1. The van der Waals surface area contributed by atoms with Gasteiger partial charge in [0.1, 0.15) is 5.69 Å². The van der Waals surface area contributed by atoms with Crippen LogP contribution in [0.3, 0.4) is 0 Å². The lowest BCUT2D eigenvalue weighted by molar-refractivity contribution is 0.0718. The van der Waals surface area contributed by atoms with Crippen LogP contribution in [0, 0.1) is 6.92 Å². The Morgan fingerprint density at radius 1 is 1.03 bits per heavy atom. The van der Waals surface area contributed by atoms with Crippen molar-refractivity contribution in [3.8, 4) is 0 Å². The van der Waals surface area contributed by atoms with Crippen LogP contribution in [0.2, 0.25) is 0 Å². The number of pyridine rings is 1. The molecule has 0 saturated heterocycles. The van der Waals surface area contributed by atoms with E-state index >= 15 is 0 Å². The van der Waals surface area contributed by atoms with Gasteiger partial charge in [-0.1, -0.05) is 36.4 Å². The van der Waals surface area contributed by atoms with Crippen LogP contribution in [-0.2, 0) is 39.0 Å². The van der Waals surface area contributed by atoms with Gasteiger partial charge < -0.3 is 10.2 Å². The van der Waals surface area contributed by atoms with Crippen molar-refractivity contribution < 1.29 is 9.59 Å². The molecule has 9 nitrogen and oxygen atoms in total. The molecule has 2 amide bonds. The first-order valence-corrected chi connectivity index (χ1v) is 12.7. The Balaban J connectivity index is 1.41. The lowest BCUT2D eigenvalue weighted by Crippen LogP contribution is -2.38. The Morgan fingerprint density at radius 2 is 1.84 bits per heavy atom. The first-order valence-electron chi connectivity index (χ1n) is 12.7. The van der Waals surface area contributed by atoms with Crippen LogP contribution < -0.4 is 5.32 Å². The van der Waals surface area contributed by atoms with Crippen molar-refractivity contribution in [2.75, 3.05) is 6.54 Å². The van der Waals surface area contributed by atoms with Gasteiger partial charge in [-0.3, -0.25) is 23.9 Å². The van der Waals surface area contributed by atoms with Gasteiger partial charge in [-0.15, -0.1) is 0 Å². The molecule has 1 aromatic carbocycles. The summed E-state index contributed by atoms with van der Waals surface area (Å²) in [5.74, 6) is -0.339. The number of fused-ring (bicyclic) bond motifs is 1. The number of aromatic nitrogens is 5. The van der Waals surface area contributed by atoms with Crippen LogP contribution in [-0.4, -0.2) is 47.8 Å². The largest absolute Gasteiger partial charge is 0.345 e. The predicted octanol–water partition coefficient (Wildman–Crippen LogP) is 3.17. The summed E-state index contributed by atoms with van der Waals surface area (Å²) in [6.07, 6.45) is 3.14. The number of nitrogens with zero attached hydrogens (tertiary/aromatic N) is 6. The molecule has 0 unspecified atom stereocenters. The number of rotatable bonds is 8. The maximum Gasteiger partial charge on any atom is 0.272 e. The van der Waals surface area contributed by atoms with Gasteiger partial charge in [0, 0.05) is 43.5 Å². The maximum atomic E-state index is 13.4. The monoisotopic (exact) mass is 497 g/mol. The summed E-state index contributed by atoms with van der Waals surface area (Å²) in [6.45, 7) is 6.34. The summed E-state index contributed by atoms with van der Waals surface area (Å²) in [7, 11) is 0. The number of hydrogen-bond acceptors (Lipinski definition) is 5. The van der Waals surface area contributed by atoms with E-state index in [-0.39, 0.29) is 11.8 Å². The van der Waals surface area contributed by atoms with Crippen molar-refractivity contribution in [1.82, 2.24) is 34.8 Å². The van der Waals surface area contributed by atoms with Crippen molar-refractivity contribution in [1.29, 1.82) is 0 Å². The maximum absolute atomic E-state index is 13.4. The number of aryl methyl sites for hydroxylation is 4. The van der Waals surface area contributed by atoms with Gasteiger partial charge in [-0.2, -0.15) is 10.2 Å². The highest BCUT2D eigenvalue weighted by atomic mass is 16.2. The van der Waals surface area contributed by atoms with E-state index in [1.165, 1.54) is 5.56 Å². The van der Waals surface area contributed by atoms with E-state index in [0.29, 0.717) is 50.5 Å². The van der Waals surface area contributed by atoms with E-state index in [1.807, 2.05) is 61.0 Å². The number of amides is 2. The Hall–Kier alpha value is -4.27. The second-order valence-electron chi connectivity index (χ2n) is 9.20. The van der Waals surface area contributed by atoms with Crippen molar-refractivity contribution in [2.45, 2.75) is 52.9 Å². The van der Waals surface area contributed by atoms with Gasteiger partial charge in [-0.05, 0) is 44.0 Å². The summed E-state index contributed by atoms with van der Waals surface area (Å²) in [6, 6.07) is 17.7. The minimum atomic E-state index is -0.260. The highest BCUT2D eigenvalue weighted by molar-refractivity contribution is 5.95. The standard InChI is InChI=1S/C28H31N7O2/c1-3-34-25(17-20(2)31-34)28(37)33-15-13-24-23(19-33)26(27(36)30-18-22-11-7-8-14-29-22)32-35(24)16-12-21-9-5-4-6-10-21/h4-11,14,17H,3,12-13,15-16,18-19H2,1-2H3,(H,30,36). The number of carbonyl (C=O) groups is 2. The van der Waals surface area contributed by atoms with Gasteiger partial charge in [0.25, 0.3) is 11.8 Å². The smallest absolute Gasteiger partial charge is 0.272 e. The molecule has 0 bridgehead atoms. The molecule has 0 spiro atoms. The lowest BCUT2D eigenvalue weighted by atomic mass is 10.0. The quantitative estimate of drug-likeness (QED) is 0.403. The van der Waals surface area contributed by atoms with Crippen molar-refractivity contribution in [3.05, 3.63) is 100 Å². The van der Waals surface area contributed by atoms with Gasteiger partial charge >= 0.3 is 0 Å². The summed E-state index contributed by atoms with van der Waals surface area (Å²) < 4.78 is 3.68. The Kier molecular flexibility index (Phi) is 7.11. The Labute approximate surface area is 216 Å². The molecule has 0 aliphatic carbocycles. The van der Waals surface area contributed by atoms with Crippen LogP contribution in [0.1, 0.15) is 56.1 Å². The van der Waals surface area contributed by atoms with Gasteiger partial charge in [0.2, 0.25) is 0 Å². The van der Waals surface area contributed by atoms with Gasteiger partial charge in [0.15, 0.2) is 5.69 Å². The topological polar surface area (TPSA) is 97.9 Å². The fourth-order valence-corrected chi connectivity index (χ4v) is 4.79. The second-order valence-corrected chi connectivity index (χ2v) is 9.20. The third-order valence-electron chi connectivity index (χ3n) is 6.67. The number of nitrogens with one attached hydrogen (secondary N) is 1. The summed E-state index contributed by atoms with van der Waals surface area (Å²) in [5, 5.41) is 12.1. The molecule has 1 N–H and O–H groups in total. The molecular formula is C28H31N7O2. The highest BCUT2D eigenvalue weighted by Gasteiger charge is 2.31. The molecule has 9 heteroatoms. The first-order chi connectivity index (χ1) is 18.0. The van der Waals surface area contributed by atoms with Crippen molar-refractivity contribution in [2.24, 2.45) is 0 Å². The molecule has 190 valence electrons. The zero-order valence-corrected chi connectivity index (χ0v) is 21.2. The van der Waals surface area contributed by atoms with Gasteiger partial charge in [-0.25, -0.2) is 0 Å². The summed E-state index contributed by atoms with van der Waals surface area (Å²) in [5.41, 5.74) is 5.56. The van der Waals surface area contributed by atoms with E-state index in [9.17, 15) is 9.59 Å². The molecule has 4 heterocycles. The van der Waals surface area contributed by atoms with E-state index in [0.717, 1.165) is 29.1 Å². The average molecular weight is 498 g/mol. The fourth-order valence-electron chi connectivity index (χ4n) is 4.79. The molecule has 4 aromatic rings. The third-order valence-corrected chi connectivity index (χ3v) is 6.67. The van der Waals surface area contributed by atoms with E-state index in [1.54, 1.807) is 15.8 Å². The van der Waals surface area contributed by atoms with Crippen molar-refractivity contribution >= 4 is 11.8 Å². The van der Waals surface area contributed by atoms with Crippen molar-refractivity contribution in [3.63, 3.8) is 0 Å². The molecule has 0 atom stereocenters. The van der Waals surface area contributed by atoms with Crippen LogP contribution in [0.5, 0.6) is 0 Å². The van der Waals surface area contributed by atoms with E-state index in [2.05, 4.69) is 27.5 Å². The highest BCUT2D eigenvalue weighted by Crippen LogP contribution is 2.25.